The minimum absolute atomic E-state index is 0.0272. The molecule has 5 aliphatic carbocycles. The first kappa shape index (κ1) is 10.7. The molecule has 8 atom stereocenters. The molecule has 6 nitrogen and oxygen atoms in total. The summed E-state index contributed by atoms with van der Waals surface area (Å²) in [6, 6.07) is 0.318. The Morgan fingerprint density at radius 1 is 1.05 bits per heavy atom. The van der Waals surface area contributed by atoms with Gasteiger partial charge in [0.1, 0.15) is 5.76 Å². The highest BCUT2D eigenvalue weighted by Crippen LogP contribution is 3.03. The number of hydrogen-bond acceptors (Lipinski definition) is 3. The molecule has 4 saturated carbocycles. The van der Waals surface area contributed by atoms with Crippen molar-refractivity contribution in [3.8, 4) is 0 Å². The Hall–Kier alpha value is -1.98. The molecule has 7 aliphatic rings. The predicted octanol–water partition coefficient (Wildman–Crippen LogP) is 0.0364. The minimum Gasteiger partial charge on any atom is -0.497 e. The lowest BCUT2D eigenvalue weighted by atomic mass is 9.69. The Kier molecular flexibility index (Phi) is 1.20. The zero-order chi connectivity index (χ0) is 14.8. The van der Waals surface area contributed by atoms with Crippen molar-refractivity contribution in [1.29, 1.82) is 0 Å². The minimum atomic E-state index is -0.151. The Morgan fingerprint density at radius 2 is 1.68 bits per heavy atom. The summed E-state index contributed by atoms with van der Waals surface area (Å²) in [4.78, 5) is 25.2. The summed E-state index contributed by atoms with van der Waals surface area (Å²) in [7, 11) is 3.29. The van der Waals surface area contributed by atoms with E-state index in [1.807, 2.05) is 0 Å². The van der Waals surface area contributed by atoms with E-state index in [0.717, 1.165) is 5.76 Å². The molecule has 0 N–H and O–H groups in total. The van der Waals surface area contributed by atoms with E-state index in [9.17, 15) is 9.59 Å². The highest BCUT2D eigenvalue weighted by Gasteiger charge is 3.02. The first-order valence-electron chi connectivity index (χ1n) is 7.97. The smallest absolute Gasteiger partial charge is 0.347 e. The second-order valence-corrected chi connectivity index (χ2v) is 7.86. The lowest BCUT2D eigenvalue weighted by molar-refractivity contribution is 0.0417. The van der Waals surface area contributed by atoms with Crippen LogP contribution in [0, 0.1) is 34.5 Å². The van der Waals surface area contributed by atoms with Crippen LogP contribution >= 0.6 is 0 Å². The average molecular weight is 297 g/mol. The van der Waals surface area contributed by atoms with Crippen molar-refractivity contribution in [3.05, 3.63) is 45.0 Å². The lowest BCUT2D eigenvalue weighted by Gasteiger charge is -2.47. The van der Waals surface area contributed by atoms with Crippen LogP contribution in [0.1, 0.15) is 12.1 Å². The Balaban J connectivity index is 1.64. The van der Waals surface area contributed by atoms with Gasteiger partial charge in [-0.1, -0.05) is 6.08 Å². The summed E-state index contributed by atoms with van der Waals surface area (Å²) in [5.74, 6) is 3.41. The van der Waals surface area contributed by atoms with Crippen molar-refractivity contribution in [2.24, 2.45) is 41.5 Å². The third kappa shape index (κ3) is 0.616. The third-order valence-electron chi connectivity index (χ3n) is 7.85. The maximum atomic E-state index is 12.6. The van der Waals surface area contributed by atoms with E-state index in [1.54, 1.807) is 23.5 Å². The molecule has 0 unspecified atom stereocenters. The second-order valence-electron chi connectivity index (χ2n) is 7.86. The Morgan fingerprint density at radius 3 is 2.32 bits per heavy atom. The van der Waals surface area contributed by atoms with E-state index in [2.05, 4.69) is 18.2 Å². The molecule has 0 saturated heterocycles. The molecule has 4 fully saturated rings. The van der Waals surface area contributed by atoms with E-state index in [0.29, 0.717) is 23.7 Å². The molecule has 0 aromatic carbocycles. The standard InChI is InChI=1S/C16H15N3O3/c1-17-13(20)18-11-8-7-9(8)12(19(18)14(17)21)16-5-6(22-2)3-4-15(11,16)10(7)16/h3-5,7-12H,1-2H3/t7-,8-,9-,10-,11-,12+,15-,16+/m0/s1. The van der Waals surface area contributed by atoms with Gasteiger partial charge < -0.3 is 4.74 Å². The van der Waals surface area contributed by atoms with Crippen LogP contribution in [0.25, 0.3) is 0 Å². The lowest BCUT2D eigenvalue weighted by Crippen LogP contribution is -2.52. The monoisotopic (exact) mass is 297 g/mol. The van der Waals surface area contributed by atoms with Crippen LogP contribution in [0.4, 0.5) is 0 Å². The molecular formula is C16H15N3O3. The van der Waals surface area contributed by atoms with Crippen molar-refractivity contribution in [1.82, 2.24) is 13.9 Å². The van der Waals surface area contributed by atoms with Gasteiger partial charge in [-0.25, -0.2) is 23.5 Å². The normalized spacial score (nSPS) is 55.6. The van der Waals surface area contributed by atoms with E-state index < -0.39 is 0 Å². The van der Waals surface area contributed by atoms with Gasteiger partial charge in [0.2, 0.25) is 0 Å². The number of hydrogen-bond donors (Lipinski definition) is 0. The first-order chi connectivity index (χ1) is 10.6. The molecule has 6 heteroatoms. The molecule has 0 radical (unpaired) electrons. The molecule has 8 rings (SSSR count). The van der Waals surface area contributed by atoms with E-state index in [-0.39, 0.29) is 34.3 Å². The molecule has 2 spiro atoms. The number of methoxy groups -OCH3 is 1. The third-order valence-corrected chi connectivity index (χ3v) is 7.85. The van der Waals surface area contributed by atoms with Gasteiger partial charge in [0, 0.05) is 17.9 Å². The number of ether oxygens (including phenoxy) is 1. The molecule has 0 amide bonds. The quantitative estimate of drug-likeness (QED) is 0.735. The zero-order valence-electron chi connectivity index (χ0n) is 12.3. The van der Waals surface area contributed by atoms with Crippen LogP contribution < -0.4 is 11.4 Å². The number of nitrogens with zero attached hydrogens (tertiary/aromatic N) is 3. The van der Waals surface area contributed by atoms with Crippen LogP contribution in [0.2, 0.25) is 0 Å². The summed E-state index contributed by atoms with van der Waals surface area (Å²) < 4.78 is 10.3. The van der Waals surface area contributed by atoms with Gasteiger partial charge in [-0.3, -0.25) is 0 Å². The van der Waals surface area contributed by atoms with E-state index in [1.165, 1.54) is 4.57 Å². The SMILES string of the molecule is COC1=C[C@@]23[C@H]4[C@H]5[C@H]6[C@H]5[C@H]2n2c(=O)n(C)c(=O)n2[C@@H]6[C@]43C=C1. The van der Waals surface area contributed by atoms with Crippen LogP contribution in [0.5, 0.6) is 0 Å². The molecule has 3 heterocycles. The van der Waals surface area contributed by atoms with Crippen LogP contribution in [0.15, 0.2) is 33.6 Å². The van der Waals surface area contributed by atoms with Gasteiger partial charge in [-0.2, -0.15) is 0 Å². The molecular weight excluding hydrogens is 282 g/mol. The predicted molar refractivity (Wildman–Crippen MR) is 75.1 cm³/mol. The molecule has 1 aromatic heterocycles. The topological polar surface area (TPSA) is 58.2 Å². The summed E-state index contributed by atoms with van der Waals surface area (Å²) in [5.41, 5.74) is -0.197. The van der Waals surface area contributed by atoms with Gasteiger partial charge >= 0.3 is 11.4 Å². The Labute approximate surface area is 125 Å². The largest absolute Gasteiger partial charge is 0.497 e. The molecule has 1 aromatic rings. The van der Waals surface area contributed by atoms with Gasteiger partial charge in [0.05, 0.1) is 19.2 Å². The summed E-state index contributed by atoms with van der Waals surface area (Å²) >= 11 is 0. The van der Waals surface area contributed by atoms with Crippen LogP contribution in [-0.2, 0) is 11.8 Å². The summed E-state index contributed by atoms with van der Waals surface area (Å²) in [5, 5.41) is 0. The van der Waals surface area contributed by atoms with Gasteiger partial charge in [0.25, 0.3) is 0 Å². The van der Waals surface area contributed by atoms with Crippen molar-refractivity contribution in [3.63, 3.8) is 0 Å². The Bertz CT molecular complexity index is 993. The fraction of sp³-hybridized carbons (Fsp3) is 0.625. The fourth-order valence-corrected chi connectivity index (χ4v) is 7.51. The van der Waals surface area contributed by atoms with Gasteiger partial charge in [-0.05, 0) is 35.8 Å². The number of rotatable bonds is 1. The van der Waals surface area contributed by atoms with Crippen LogP contribution in [-0.4, -0.2) is 21.0 Å². The molecule has 112 valence electrons. The van der Waals surface area contributed by atoms with Gasteiger partial charge in [-0.15, -0.1) is 0 Å². The van der Waals surface area contributed by atoms with E-state index >= 15 is 0 Å². The van der Waals surface area contributed by atoms with Crippen molar-refractivity contribution in [2.75, 3.05) is 7.11 Å². The second kappa shape index (κ2) is 2.47. The number of aromatic nitrogens is 3. The van der Waals surface area contributed by atoms with Gasteiger partial charge in [0.15, 0.2) is 0 Å². The first-order valence-corrected chi connectivity index (χ1v) is 7.97. The molecule has 2 bridgehead atoms. The van der Waals surface area contributed by atoms with Crippen LogP contribution in [0.3, 0.4) is 0 Å². The highest BCUT2D eigenvalue weighted by molar-refractivity contribution is 5.58. The molecule has 22 heavy (non-hydrogen) atoms. The van der Waals surface area contributed by atoms with Crippen molar-refractivity contribution >= 4 is 0 Å². The zero-order valence-corrected chi connectivity index (χ0v) is 12.3. The van der Waals surface area contributed by atoms with E-state index in [4.69, 9.17) is 4.74 Å². The highest BCUT2D eigenvalue weighted by atomic mass is 16.5. The van der Waals surface area contributed by atoms with Crippen molar-refractivity contribution < 1.29 is 4.74 Å². The fourth-order valence-electron chi connectivity index (χ4n) is 7.51. The molecule has 2 aliphatic heterocycles. The van der Waals surface area contributed by atoms with Crippen molar-refractivity contribution in [2.45, 2.75) is 12.1 Å². The maximum absolute atomic E-state index is 12.6. The average Bonchev–Trinajstić information content (AvgIpc) is 3.31. The number of allylic oxidation sites excluding steroid dienone is 3. The summed E-state index contributed by atoms with van der Waals surface area (Å²) in [6.07, 6.45) is 6.63. The maximum Gasteiger partial charge on any atom is 0.347 e. The summed E-state index contributed by atoms with van der Waals surface area (Å²) in [6.45, 7) is 0.